The van der Waals surface area contributed by atoms with Gasteiger partial charge in [0.25, 0.3) is 0 Å². The molecule has 2 aromatic carbocycles. The highest BCUT2D eigenvalue weighted by atomic mass is 16.1. The van der Waals surface area contributed by atoms with Gasteiger partial charge >= 0.3 is 0 Å². The highest BCUT2D eigenvalue weighted by Gasteiger charge is 2.44. The Morgan fingerprint density at radius 1 is 1.06 bits per heavy atom. The number of benzene rings is 2. The lowest BCUT2D eigenvalue weighted by molar-refractivity contribution is 0.105. The lowest BCUT2D eigenvalue weighted by atomic mass is 9.68. The average Bonchev–Trinajstić information content (AvgIpc) is 3.22. The molecule has 0 N–H and O–H groups in total. The lowest BCUT2D eigenvalue weighted by Gasteiger charge is -2.49. The molecule has 0 atom stereocenters. The Hall–Kier alpha value is -2.90. The molecule has 0 radical (unpaired) electrons. The predicted octanol–water partition coefficient (Wildman–Crippen LogP) is 5.28. The minimum Gasteiger partial charge on any atom is -0.368 e. The number of aryl methyl sites for hydroxylation is 1. The molecule has 0 spiro atoms. The summed E-state index contributed by atoms with van der Waals surface area (Å²) in [5.41, 5.74) is 9.30. The maximum absolute atomic E-state index is 13.9. The number of fused-ring (bicyclic) bond motifs is 3. The number of carbonyl (C=O) groups excluding carboxylic acids is 1. The molecule has 174 valence electrons. The summed E-state index contributed by atoms with van der Waals surface area (Å²) in [5.74, 6) is 0.156. The molecule has 2 saturated heterocycles. The fraction of sp³-hybridized carbons (Fsp3) is 0.467. The van der Waals surface area contributed by atoms with Gasteiger partial charge in [-0.25, -0.2) is 0 Å². The molecule has 0 amide bonds. The second kappa shape index (κ2) is 7.82. The van der Waals surface area contributed by atoms with Crippen LogP contribution in [0.15, 0.2) is 35.9 Å². The van der Waals surface area contributed by atoms with Crippen LogP contribution in [-0.4, -0.2) is 42.9 Å². The monoisotopic (exact) mass is 451 g/mol. The van der Waals surface area contributed by atoms with Crippen molar-refractivity contribution in [3.63, 3.8) is 0 Å². The zero-order valence-corrected chi connectivity index (χ0v) is 20.6. The van der Waals surface area contributed by atoms with E-state index in [0.717, 1.165) is 53.8 Å². The zero-order valence-electron chi connectivity index (χ0n) is 20.6. The molecule has 0 saturated carbocycles. The van der Waals surface area contributed by atoms with E-state index in [0.29, 0.717) is 11.6 Å². The summed E-state index contributed by atoms with van der Waals surface area (Å²) < 4.78 is 0. The van der Waals surface area contributed by atoms with Gasteiger partial charge in [0.2, 0.25) is 0 Å². The van der Waals surface area contributed by atoms with E-state index in [2.05, 4.69) is 48.8 Å². The van der Waals surface area contributed by atoms with E-state index in [1.54, 1.807) is 0 Å². The Labute approximate surface area is 202 Å². The van der Waals surface area contributed by atoms with E-state index in [-0.39, 0.29) is 11.2 Å². The number of piperidine rings is 1. The van der Waals surface area contributed by atoms with E-state index >= 15 is 0 Å². The van der Waals surface area contributed by atoms with E-state index in [1.165, 1.54) is 49.2 Å². The second-order valence-electron chi connectivity index (χ2n) is 11.0. The number of hydrogen-bond donors (Lipinski definition) is 0. The first kappa shape index (κ1) is 21.6. The zero-order chi connectivity index (χ0) is 23.6. The Kier molecular flexibility index (Phi) is 4.97. The normalized spacial score (nSPS) is 21.6. The Balaban J connectivity index is 1.36. The molecule has 4 aliphatic rings. The molecule has 6 rings (SSSR count). The molecule has 2 aliphatic heterocycles. The number of ketones is 1. The highest BCUT2D eigenvalue weighted by molar-refractivity contribution is 6.33. The fourth-order valence-electron chi connectivity index (χ4n) is 6.67. The summed E-state index contributed by atoms with van der Waals surface area (Å²) >= 11 is 0. The number of Topliss-reactive ketones (excluding diaryl/α,β-unsaturated/α-hetero) is 1. The van der Waals surface area contributed by atoms with Crippen molar-refractivity contribution in [2.24, 2.45) is 0 Å². The molecule has 0 bridgehead atoms. The third kappa shape index (κ3) is 3.10. The van der Waals surface area contributed by atoms with Gasteiger partial charge in [-0.3, -0.25) is 9.69 Å². The minimum atomic E-state index is -0.220. The van der Waals surface area contributed by atoms with Gasteiger partial charge in [-0.1, -0.05) is 33.3 Å². The van der Waals surface area contributed by atoms with Crippen LogP contribution in [0.25, 0.3) is 5.57 Å². The summed E-state index contributed by atoms with van der Waals surface area (Å²) in [6.45, 7) is 11.4. The van der Waals surface area contributed by atoms with Crippen molar-refractivity contribution in [1.82, 2.24) is 4.90 Å². The van der Waals surface area contributed by atoms with Crippen molar-refractivity contribution in [3.05, 3.63) is 69.3 Å². The van der Waals surface area contributed by atoms with Crippen molar-refractivity contribution >= 4 is 17.0 Å². The maximum atomic E-state index is 13.9. The molecule has 2 fully saturated rings. The Bertz CT molecular complexity index is 1270. The first-order chi connectivity index (χ1) is 16.4. The largest absolute Gasteiger partial charge is 0.368 e. The lowest BCUT2D eigenvalue weighted by Crippen LogP contribution is -2.60. The van der Waals surface area contributed by atoms with Crippen LogP contribution in [0.1, 0.15) is 78.2 Å². The van der Waals surface area contributed by atoms with Crippen LogP contribution in [0.4, 0.5) is 5.69 Å². The summed E-state index contributed by atoms with van der Waals surface area (Å²) in [7, 11) is 0. The van der Waals surface area contributed by atoms with Crippen LogP contribution in [0.5, 0.6) is 0 Å². The summed E-state index contributed by atoms with van der Waals surface area (Å²) in [4.78, 5) is 19.1. The van der Waals surface area contributed by atoms with E-state index in [9.17, 15) is 10.1 Å². The Morgan fingerprint density at radius 3 is 2.53 bits per heavy atom. The number of hydrogen-bond acceptors (Lipinski definition) is 4. The van der Waals surface area contributed by atoms with E-state index in [1.807, 2.05) is 18.2 Å². The van der Waals surface area contributed by atoms with Crippen LogP contribution in [-0.2, 0) is 18.3 Å². The van der Waals surface area contributed by atoms with Crippen molar-refractivity contribution < 1.29 is 4.79 Å². The minimum absolute atomic E-state index is 0.156. The van der Waals surface area contributed by atoms with Gasteiger partial charge in [-0.2, -0.15) is 5.26 Å². The van der Waals surface area contributed by atoms with Gasteiger partial charge in [0.15, 0.2) is 5.78 Å². The number of carbonyl (C=O) groups is 1. The van der Waals surface area contributed by atoms with Crippen LogP contribution in [0.2, 0.25) is 0 Å². The topological polar surface area (TPSA) is 47.3 Å². The van der Waals surface area contributed by atoms with Crippen LogP contribution in [0, 0.1) is 11.3 Å². The quantitative estimate of drug-likeness (QED) is 0.637. The maximum Gasteiger partial charge on any atom is 0.193 e. The summed E-state index contributed by atoms with van der Waals surface area (Å²) in [6.07, 6.45) is 5.72. The van der Waals surface area contributed by atoms with Crippen LogP contribution in [0.3, 0.4) is 0 Å². The highest BCUT2D eigenvalue weighted by Crippen LogP contribution is 2.51. The smallest absolute Gasteiger partial charge is 0.193 e. The molecular weight excluding hydrogens is 418 g/mol. The number of nitriles is 1. The molecular formula is C30H33N3O. The van der Waals surface area contributed by atoms with Gasteiger partial charge in [0, 0.05) is 41.4 Å². The van der Waals surface area contributed by atoms with Crippen molar-refractivity contribution in [2.45, 2.75) is 64.3 Å². The standard InChI is InChI=1S/C30H33N3O/c1-4-20-13-24-25(15-27(20)33-17-22(18-33)32-10-6-5-7-11-32)30(2,3)26-14-21-12-19(16-31)8-9-23(21)28(26)29(24)34/h8-9,12-13,15,22H,4-7,10-11,14,17-18H2,1-3H3. The third-order valence-electron chi connectivity index (χ3n) is 8.78. The second-order valence-corrected chi connectivity index (χ2v) is 11.0. The Morgan fingerprint density at radius 2 is 1.82 bits per heavy atom. The fourth-order valence-corrected chi connectivity index (χ4v) is 6.67. The molecule has 34 heavy (non-hydrogen) atoms. The van der Waals surface area contributed by atoms with Gasteiger partial charge in [-0.05, 0) is 90.9 Å². The molecule has 2 aromatic rings. The first-order valence-corrected chi connectivity index (χ1v) is 12.9. The van der Waals surface area contributed by atoms with E-state index < -0.39 is 0 Å². The van der Waals surface area contributed by atoms with Crippen molar-refractivity contribution in [1.29, 1.82) is 5.26 Å². The molecule has 0 unspecified atom stereocenters. The van der Waals surface area contributed by atoms with Gasteiger partial charge in [-0.15, -0.1) is 0 Å². The predicted molar refractivity (Wildman–Crippen MR) is 136 cm³/mol. The molecule has 0 aromatic heterocycles. The molecule has 2 aliphatic carbocycles. The van der Waals surface area contributed by atoms with Crippen molar-refractivity contribution in [2.75, 3.05) is 31.1 Å². The van der Waals surface area contributed by atoms with Gasteiger partial charge in [0.1, 0.15) is 0 Å². The molecule has 2 heterocycles. The van der Waals surface area contributed by atoms with Crippen LogP contribution >= 0.6 is 0 Å². The third-order valence-corrected chi connectivity index (χ3v) is 8.78. The molecule has 4 nitrogen and oxygen atoms in total. The van der Waals surface area contributed by atoms with Gasteiger partial charge < -0.3 is 4.90 Å². The van der Waals surface area contributed by atoms with Crippen LogP contribution < -0.4 is 4.90 Å². The first-order valence-electron chi connectivity index (χ1n) is 12.9. The number of likely N-dealkylation sites (tertiary alicyclic amines) is 1. The van der Waals surface area contributed by atoms with Gasteiger partial charge in [0.05, 0.1) is 11.6 Å². The average molecular weight is 452 g/mol. The van der Waals surface area contributed by atoms with Crippen molar-refractivity contribution in [3.8, 4) is 6.07 Å². The SMILES string of the molecule is CCc1cc2c(cc1N1CC(N3CCCCC3)C1)C(C)(C)C1=C(C2=O)c2ccc(C#N)cc2C1. The van der Waals surface area contributed by atoms with E-state index in [4.69, 9.17) is 0 Å². The number of rotatable bonds is 3. The number of nitrogens with zero attached hydrogens (tertiary/aromatic N) is 3. The number of anilines is 1. The molecule has 4 heteroatoms. The number of allylic oxidation sites excluding steroid dienone is 2. The summed E-state index contributed by atoms with van der Waals surface area (Å²) in [6, 6.07) is 13.2. The summed E-state index contributed by atoms with van der Waals surface area (Å²) in [5, 5.41) is 9.36.